The standard InChI is InChI=1S/C26H28N6O6/c1-5-13-27-21(33)28(14-6-2)24(36)31(23(27)35)17-19-9-11-20(12-10-19)18-32-25(37)29(15-7-3)22(34)30(16-8-4)26(32)38/h5-12H,1-4,13-18H2. The maximum absolute atomic E-state index is 12.9. The Morgan fingerprint density at radius 3 is 0.842 bits per heavy atom. The highest BCUT2D eigenvalue weighted by atomic mass is 16.2. The second kappa shape index (κ2) is 11.8. The van der Waals surface area contributed by atoms with Crippen molar-refractivity contribution in [2.75, 3.05) is 0 Å². The highest BCUT2D eigenvalue weighted by Gasteiger charge is 2.16. The lowest BCUT2D eigenvalue weighted by molar-refractivity contribution is 0.496. The minimum absolute atomic E-state index is 0.0693. The molecule has 0 aliphatic rings. The molecule has 2 heterocycles. The third-order valence-corrected chi connectivity index (χ3v) is 5.72. The van der Waals surface area contributed by atoms with Gasteiger partial charge in [0.05, 0.1) is 39.3 Å². The zero-order chi connectivity index (χ0) is 28.0. The van der Waals surface area contributed by atoms with Crippen molar-refractivity contribution >= 4 is 0 Å². The molecule has 0 atom stereocenters. The number of hydrogen-bond donors (Lipinski definition) is 0. The summed E-state index contributed by atoms with van der Waals surface area (Å²) in [5.41, 5.74) is -3.48. The summed E-state index contributed by atoms with van der Waals surface area (Å²) in [7, 11) is 0. The molecule has 3 aromatic rings. The first kappa shape index (κ1) is 27.6. The molecule has 12 nitrogen and oxygen atoms in total. The Hall–Kier alpha value is -5.00. The molecule has 0 fully saturated rings. The van der Waals surface area contributed by atoms with Crippen molar-refractivity contribution in [1.82, 2.24) is 27.4 Å². The van der Waals surface area contributed by atoms with Crippen LogP contribution in [-0.4, -0.2) is 27.4 Å². The summed E-state index contributed by atoms with van der Waals surface area (Å²) in [5.74, 6) is 0. The lowest BCUT2D eigenvalue weighted by atomic mass is 10.1. The third-order valence-electron chi connectivity index (χ3n) is 5.72. The van der Waals surface area contributed by atoms with Gasteiger partial charge in [-0.25, -0.2) is 56.2 Å². The van der Waals surface area contributed by atoms with Gasteiger partial charge in [-0.2, -0.15) is 0 Å². The lowest BCUT2D eigenvalue weighted by Gasteiger charge is -2.13. The normalized spacial score (nSPS) is 10.7. The topological polar surface area (TPSA) is 132 Å². The molecule has 0 saturated carbocycles. The van der Waals surface area contributed by atoms with Gasteiger partial charge in [-0.15, -0.1) is 26.3 Å². The fourth-order valence-corrected chi connectivity index (χ4v) is 3.89. The summed E-state index contributed by atoms with van der Waals surface area (Å²) in [6.07, 6.45) is 5.53. The largest absolute Gasteiger partial charge is 0.336 e. The van der Waals surface area contributed by atoms with Crippen LogP contribution < -0.4 is 34.1 Å². The van der Waals surface area contributed by atoms with Gasteiger partial charge in [0.25, 0.3) is 0 Å². The van der Waals surface area contributed by atoms with E-state index in [-0.39, 0.29) is 39.3 Å². The van der Waals surface area contributed by atoms with Crippen molar-refractivity contribution in [2.45, 2.75) is 39.3 Å². The molecule has 0 aliphatic heterocycles. The maximum atomic E-state index is 12.9. The Balaban J connectivity index is 2.02. The molecule has 0 amide bonds. The summed E-state index contributed by atoms with van der Waals surface area (Å²) < 4.78 is 5.51. The number of hydrogen-bond acceptors (Lipinski definition) is 6. The lowest BCUT2D eigenvalue weighted by Crippen LogP contribution is -2.54. The Morgan fingerprint density at radius 2 is 0.632 bits per heavy atom. The van der Waals surface area contributed by atoms with Crippen molar-refractivity contribution in [3.63, 3.8) is 0 Å². The van der Waals surface area contributed by atoms with E-state index in [4.69, 9.17) is 0 Å². The Kier molecular flexibility index (Phi) is 8.58. The Bertz CT molecular complexity index is 1530. The summed E-state index contributed by atoms with van der Waals surface area (Å²) in [6.45, 7) is 13.7. The van der Waals surface area contributed by atoms with Crippen LogP contribution in [0.3, 0.4) is 0 Å². The molecule has 0 unspecified atom stereocenters. The van der Waals surface area contributed by atoms with Gasteiger partial charge in [-0.05, 0) is 11.1 Å². The van der Waals surface area contributed by atoms with Crippen LogP contribution in [-0.2, 0) is 39.3 Å². The van der Waals surface area contributed by atoms with E-state index in [1.54, 1.807) is 24.3 Å². The van der Waals surface area contributed by atoms with Crippen LogP contribution in [0.2, 0.25) is 0 Å². The summed E-state index contributed by atoms with van der Waals surface area (Å²) >= 11 is 0. The molecule has 1 aromatic carbocycles. The zero-order valence-electron chi connectivity index (χ0n) is 20.8. The second-order valence-corrected chi connectivity index (χ2v) is 8.28. The van der Waals surface area contributed by atoms with Crippen molar-refractivity contribution in [1.29, 1.82) is 0 Å². The van der Waals surface area contributed by atoms with Gasteiger partial charge in [0.2, 0.25) is 0 Å². The second-order valence-electron chi connectivity index (χ2n) is 8.28. The van der Waals surface area contributed by atoms with E-state index in [1.807, 2.05) is 0 Å². The van der Waals surface area contributed by atoms with Crippen molar-refractivity contribution in [3.05, 3.63) is 149 Å². The molecule has 198 valence electrons. The number of aromatic nitrogens is 6. The molecule has 2 aromatic heterocycles. The van der Waals surface area contributed by atoms with E-state index >= 15 is 0 Å². The first-order valence-corrected chi connectivity index (χ1v) is 11.6. The van der Waals surface area contributed by atoms with E-state index in [1.165, 1.54) is 24.3 Å². The van der Waals surface area contributed by atoms with Crippen molar-refractivity contribution in [2.24, 2.45) is 0 Å². The average Bonchev–Trinajstić information content (AvgIpc) is 2.90. The minimum atomic E-state index is -0.775. The van der Waals surface area contributed by atoms with Gasteiger partial charge in [-0.3, -0.25) is 0 Å². The molecule has 3 rings (SSSR count). The monoisotopic (exact) mass is 520 g/mol. The van der Waals surface area contributed by atoms with Crippen LogP contribution in [0.25, 0.3) is 0 Å². The zero-order valence-corrected chi connectivity index (χ0v) is 20.8. The molecule has 0 bridgehead atoms. The van der Waals surface area contributed by atoms with Crippen LogP contribution >= 0.6 is 0 Å². The highest BCUT2D eigenvalue weighted by Crippen LogP contribution is 2.06. The minimum Gasteiger partial charge on any atom is -0.247 e. The van der Waals surface area contributed by atoms with E-state index in [0.717, 1.165) is 27.4 Å². The van der Waals surface area contributed by atoms with Crippen LogP contribution in [0.15, 0.2) is 104 Å². The van der Waals surface area contributed by atoms with Crippen LogP contribution in [0.1, 0.15) is 11.1 Å². The average molecular weight is 521 g/mol. The number of allylic oxidation sites excluding steroid dienone is 4. The number of rotatable bonds is 12. The van der Waals surface area contributed by atoms with Gasteiger partial charge < -0.3 is 0 Å². The third kappa shape index (κ3) is 5.24. The summed E-state index contributed by atoms with van der Waals surface area (Å²) in [5, 5.41) is 0. The van der Waals surface area contributed by atoms with Gasteiger partial charge in [-0.1, -0.05) is 48.6 Å². The summed E-state index contributed by atoms with van der Waals surface area (Å²) in [6, 6.07) is 6.54. The van der Waals surface area contributed by atoms with Crippen molar-refractivity contribution in [3.8, 4) is 0 Å². The molecule has 0 N–H and O–H groups in total. The molecule has 0 radical (unpaired) electrons. The van der Waals surface area contributed by atoms with Crippen molar-refractivity contribution < 1.29 is 0 Å². The van der Waals surface area contributed by atoms with Gasteiger partial charge >= 0.3 is 34.1 Å². The van der Waals surface area contributed by atoms with E-state index in [2.05, 4.69) is 26.3 Å². The fraction of sp³-hybridized carbons (Fsp3) is 0.231. The van der Waals surface area contributed by atoms with Gasteiger partial charge in [0.15, 0.2) is 0 Å². The molecule has 0 saturated heterocycles. The fourth-order valence-electron chi connectivity index (χ4n) is 3.89. The Morgan fingerprint density at radius 1 is 0.421 bits per heavy atom. The van der Waals surface area contributed by atoms with E-state index in [0.29, 0.717) is 11.1 Å². The van der Waals surface area contributed by atoms with Gasteiger partial charge in [0.1, 0.15) is 0 Å². The van der Waals surface area contributed by atoms with Crippen LogP contribution in [0.5, 0.6) is 0 Å². The van der Waals surface area contributed by atoms with E-state index in [9.17, 15) is 28.8 Å². The quantitative estimate of drug-likeness (QED) is 0.296. The Labute approximate surface area is 215 Å². The smallest absolute Gasteiger partial charge is 0.247 e. The molecular formula is C26H28N6O6. The van der Waals surface area contributed by atoms with E-state index < -0.39 is 34.1 Å². The SMILES string of the molecule is C=CCn1c(=O)n(CC=C)c(=O)n(Cc2ccc(Cn3c(=O)n(CC=C)c(=O)n(CC=C)c3=O)cc2)c1=O. The van der Waals surface area contributed by atoms with Crippen LogP contribution in [0, 0.1) is 0 Å². The first-order valence-electron chi connectivity index (χ1n) is 11.6. The molecule has 0 aliphatic carbocycles. The maximum Gasteiger partial charge on any atom is 0.336 e. The predicted octanol–water partition coefficient (Wildman–Crippen LogP) is -0.503. The molecule has 0 spiro atoms. The number of benzene rings is 1. The molecular weight excluding hydrogens is 492 g/mol. The highest BCUT2D eigenvalue weighted by molar-refractivity contribution is 5.23. The number of nitrogens with zero attached hydrogens (tertiary/aromatic N) is 6. The van der Waals surface area contributed by atoms with Crippen LogP contribution in [0.4, 0.5) is 0 Å². The summed E-state index contributed by atoms with van der Waals surface area (Å²) in [4.78, 5) is 76.6. The molecule has 38 heavy (non-hydrogen) atoms. The predicted molar refractivity (Wildman–Crippen MR) is 144 cm³/mol. The first-order chi connectivity index (χ1) is 18.2. The molecule has 12 heteroatoms. The van der Waals surface area contributed by atoms with Gasteiger partial charge in [0, 0.05) is 0 Å².